The van der Waals surface area contributed by atoms with Crippen LogP contribution in [0.1, 0.15) is 27.2 Å². The fourth-order valence-corrected chi connectivity index (χ4v) is 5.73. The minimum atomic E-state index is -4.34. The largest absolute Gasteiger partial charge is 0.358 e. The zero-order chi connectivity index (χ0) is 29.1. The van der Waals surface area contributed by atoms with E-state index in [1.165, 1.54) is 47.7 Å². The van der Waals surface area contributed by atoms with Gasteiger partial charge in [0.15, 0.2) is 0 Å². The van der Waals surface area contributed by atoms with Gasteiger partial charge in [0.05, 0.1) is 28.5 Å². The highest BCUT2D eigenvalue weighted by atomic mass is 35.5. The molecule has 0 saturated heterocycles. The van der Waals surface area contributed by atoms with Crippen LogP contribution >= 0.6 is 11.6 Å². The van der Waals surface area contributed by atoms with Crippen molar-refractivity contribution in [3.8, 4) is 11.6 Å². The third-order valence-electron chi connectivity index (χ3n) is 6.57. The smallest absolute Gasteiger partial charge is 0.343 e. The van der Waals surface area contributed by atoms with Crippen LogP contribution in [-0.4, -0.2) is 42.9 Å². The molecule has 2 aromatic carbocycles. The molecule has 0 aliphatic carbocycles. The molecular weight excluding hydrogens is 560 g/mol. The SMILES string of the molecule is Cc1nn(C)c(OS(=O)(=O)c2cnn(C)c2)c1C(=O)c1ccc2c(c1C)c(=O)n(-c1cccc(Cl)c1)c(=O)n2C. The maximum absolute atomic E-state index is 13.9. The van der Waals surface area contributed by atoms with E-state index in [0.717, 1.165) is 15.4 Å². The molecule has 0 saturated carbocycles. The lowest BCUT2D eigenvalue weighted by Crippen LogP contribution is -2.38. The van der Waals surface area contributed by atoms with Gasteiger partial charge in [0.1, 0.15) is 10.5 Å². The molecule has 40 heavy (non-hydrogen) atoms. The van der Waals surface area contributed by atoms with Crippen molar-refractivity contribution in [1.82, 2.24) is 28.7 Å². The Labute approximate surface area is 232 Å². The first-order valence-corrected chi connectivity index (χ1v) is 13.6. The van der Waals surface area contributed by atoms with E-state index in [1.54, 1.807) is 39.1 Å². The first kappa shape index (κ1) is 27.1. The summed E-state index contributed by atoms with van der Waals surface area (Å²) in [6, 6.07) is 9.29. The summed E-state index contributed by atoms with van der Waals surface area (Å²) in [7, 11) is 0.186. The Balaban J connectivity index is 1.69. The van der Waals surface area contributed by atoms with Crippen LogP contribution in [0.25, 0.3) is 16.6 Å². The molecule has 0 N–H and O–H groups in total. The molecule has 5 rings (SSSR count). The van der Waals surface area contributed by atoms with Crippen LogP contribution in [0.5, 0.6) is 5.88 Å². The highest BCUT2D eigenvalue weighted by Crippen LogP contribution is 2.30. The monoisotopic (exact) mass is 582 g/mol. The minimum absolute atomic E-state index is 0.0857. The first-order valence-electron chi connectivity index (χ1n) is 11.8. The quantitative estimate of drug-likeness (QED) is 0.220. The molecule has 3 heterocycles. The Kier molecular flexibility index (Phi) is 6.51. The van der Waals surface area contributed by atoms with Crippen molar-refractivity contribution in [1.29, 1.82) is 0 Å². The molecule has 0 bridgehead atoms. The highest BCUT2D eigenvalue weighted by molar-refractivity contribution is 7.87. The number of aryl methyl sites for hydroxylation is 5. The number of halogens is 1. The van der Waals surface area contributed by atoms with Crippen molar-refractivity contribution in [2.45, 2.75) is 18.7 Å². The lowest BCUT2D eigenvalue weighted by Gasteiger charge is -2.15. The van der Waals surface area contributed by atoms with E-state index in [2.05, 4.69) is 10.2 Å². The Morgan fingerprint density at radius 1 is 1.05 bits per heavy atom. The van der Waals surface area contributed by atoms with Gasteiger partial charge in [-0.1, -0.05) is 17.7 Å². The molecule has 0 aliphatic heterocycles. The number of ketones is 1. The predicted octanol–water partition coefficient (Wildman–Crippen LogP) is 2.43. The number of nitrogens with zero attached hydrogens (tertiary/aromatic N) is 6. The van der Waals surface area contributed by atoms with Gasteiger partial charge in [-0.15, -0.1) is 0 Å². The van der Waals surface area contributed by atoms with Crippen LogP contribution in [0.4, 0.5) is 0 Å². The molecule has 0 aliphatic rings. The number of aromatic nitrogens is 6. The third kappa shape index (κ3) is 4.32. The zero-order valence-corrected chi connectivity index (χ0v) is 23.6. The van der Waals surface area contributed by atoms with Gasteiger partial charge in [0.25, 0.3) is 5.56 Å². The van der Waals surface area contributed by atoms with Crippen LogP contribution in [0.15, 0.2) is 63.3 Å². The van der Waals surface area contributed by atoms with Crippen molar-refractivity contribution in [2.24, 2.45) is 21.1 Å². The van der Waals surface area contributed by atoms with Gasteiger partial charge in [-0.3, -0.25) is 18.8 Å². The summed E-state index contributed by atoms with van der Waals surface area (Å²) in [5.41, 5.74) is -0.0820. The van der Waals surface area contributed by atoms with E-state index in [0.29, 0.717) is 16.1 Å². The maximum Gasteiger partial charge on any atom is 0.343 e. The van der Waals surface area contributed by atoms with Gasteiger partial charge in [0.2, 0.25) is 11.7 Å². The molecule has 0 fully saturated rings. The fraction of sp³-hybridized carbons (Fsp3) is 0.192. The molecule has 0 unspecified atom stereocenters. The Bertz CT molecular complexity index is 2090. The summed E-state index contributed by atoms with van der Waals surface area (Å²) in [5, 5.41) is 8.54. The lowest BCUT2D eigenvalue weighted by atomic mass is 9.96. The number of carbonyl (C=O) groups is 1. The molecular formula is C26H23ClN6O6S. The Hall–Kier alpha value is -4.49. The average Bonchev–Trinajstić information content (AvgIpc) is 3.44. The average molecular weight is 583 g/mol. The van der Waals surface area contributed by atoms with Crippen LogP contribution in [0.3, 0.4) is 0 Å². The molecule has 206 valence electrons. The topological polar surface area (TPSA) is 140 Å². The van der Waals surface area contributed by atoms with Crippen molar-refractivity contribution in [2.75, 3.05) is 0 Å². The third-order valence-corrected chi connectivity index (χ3v) is 7.97. The van der Waals surface area contributed by atoms with Crippen LogP contribution in [0.2, 0.25) is 5.02 Å². The summed E-state index contributed by atoms with van der Waals surface area (Å²) < 4.78 is 36.0. The minimum Gasteiger partial charge on any atom is -0.358 e. The maximum atomic E-state index is 13.9. The normalized spacial score (nSPS) is 11.8. The molecule has 12 nitrogen and oxygen atoms in total. The molecule has 14 heteroatoms. The lowest BCUT2D eigenvalue weighted by molar-refractivity contribution is 0.103. The first-order chi connectivity index (χ1) is 18.8. The zero-order valence-electron chi connectivity index (χ0n) is 22.0. The van der Waals surface area contributed by atoms with Crippen molar-refractivity contribution in [3.63, 3.8) is 0 Å². The van der Waals surface area contributed by atoms with Crippen molar-refractivity contribution < 1.29 is 17.4 Å². The van der Waals surface area contributed by atoms with E-state index in [9.17, 15) is 22.8 Å². The number of rotatable bonds is 6. The van der Waals surface area contributed by atoms with E-state index in [4.69, 9.17) is 15.8 Å². The van der Waals surface area contributed by atoms with Gasteiger partial charge < -0.3 is 4.18 Å². The molecule has 0 radical (unpaired) electrons. The van der Waals surface area contributed by atoms with Gasteiger partial charge in [0, 0.05) is 37.9 Å². The van der Waals surface area contributed by atoms with E-state index < -0.39 is 27.2 Å². The van der Waals surface area contributed by atoms with Gasteiger partial charge in [-0.25, -0.2) is 14.0 Å². The standard InChI is InChI=1S/C26H23ClN6O6S/c1-14-19(9-10-20-21(14)24(35)33(26(36)31(20)4)17-8-6-7-16(27)11-17)23(34)22-15(2)29-32(5)25(22)39-40(37,38)18-12-28-30(3)13-18/h6-13H,1-5H3. The fourth-order valence-electron chi connectivity index (χ4n) is 4.60. The van der Waals surface area contributed by atoms with Gasteiger partial charge >= 0.3 is 15.8 Å². The molecule has 0 spiro atoms. The molecule has 3 aromatic heterocycles. The number of hydrogen-bond acceptors (Lipinski definition) is 8. The summed E-state index contributed by atoms with van der Waals surface area (Å²) in [6.45, 7) is 3.13. The van der Waals surface area contributed by atoms with E-state index in [1.807, 2.05) is 0 Å². The summed E-state index contributed by atoms with van der Waals surface area (Å²) in [6.07, 6.45) is 2.39. The second-order valence-electron chi connectivity index (χ2n) is 9.20. The van der Waals surface area contributed by atoms with Gasteiger partial charge in [-0.05, 0) is 49.7 Å². The number of carbonyl (C=O) groups excluding carboxylic acids is 1. The van der Waals surface area contributed by atoms with Gasteiger partial charge in [-0.2, -0.15) is 18.6 Å². The Morgan fingerprint density at radius 2 is 1.77 bits per heavy atom. The second-order valence-corrected chi connectivity index (χ2v) is 11.2. The van der Waals surface area contributed by atoms with Crippen LogP contribution in [0, 0.1) is 13.8 Å². The Morgan fingerprint density at radius 3 is 2.42 bits per heavy atom. The van der Waals surface area contributed by atoms with Crippen LogP contribution < -0.4 is 15.4 Å². The molecule has 0 amide bonds. The number of fused-ring (bicyclic) bond motifs is 1. The number of hydrogen-bond donors (Lipinski definition) is 0. The van der Waals surface area contributed by atoms with E-state index in [-0.39, 0.29) is 38.7 Å². The molecule has 0 atom stereocenters. The summed E-state index contributed by atoms with van der Waals surface area (Å²) >= 11 is 6.10. The second kappa shape index (κ2) is 9.61. The highest BCUT2D eigenvalue weighted by Gasteiger charge is 2.30. The predicted molar refractivity (Wildman–Crippen MR) is 147 cm³/mol. The summed E-state index contributed by atoms with van der Waals surface area (Å²) in [4.78, 5) is 40.6. The van der Waals surface area contributed by atoms with E-state index >= 15 is 0 Å². The van der Waals surface area contributed by atoms with Crippen molar-refractivity contribution >= 4 is 38.4 Å². The van der Waals surface area contributed by atoms with Crippen molar-refractivity contribution in [3.05, 3.63) is 97.0 Å². The van der Waals surface area contributed by atoms with Crippen LogP contribution in [-0.2, 0) is 31.3 Å². The molecule has 5 aromatic rings. The summed E-state index contributed by atoms with van der Waals surface area (Å²) in [5.74, 6) is -0.897. The number of benzene rings is 2.